The van der Waals surface area contributed by atoms with E-state index in [2.05, 4.69) is 10.3 Å². The van der Waals surface area contributed by atoms with E-state index in [1.54, 1.807) is 24.0 Å². The molecule has 0 radical (unpaired) electrons. The predicted octanol–water partition coefficient (Wildman–Crippen LogP) is 5.08. The zero-order valence-corrected chi connectivity index (χ0v) is 19.7. The number of hydrazine groups is 1. The summed E-state index contributed by atoms with van der Waals surface area (Å²) in [6.45, 7) is 8.38. The van der Waals surface area contributed by atoms with Gasteiger partial charge < -0.3 is 9.64 Å². The maximum Gasteiger partial charge on any atom is 0.410 e. The van der Waals surface area contributed by atoms with Crippen molar-refractivity contribution in [2.24, 2.45) is 0 Å². The second-order valence-electron chi connectivity index (χ2n) is 8.86. The fourth-order valence-electron chi connectivity index (χ4n) is 3.44. The van der Waals surface area contributed by atoms with Crippen molar-refractivity contribution in [3.63, 3.8) is 0 Å². The molecule has 1 aliphatic rings. The summed E-state index contributed by atoms with van der Waals surface area (Å²) in [6, 6.07) is 12.9. The molecule has 6 nitrogen and oxygen atoms in total. The van der Waals surface area contributed by atoms with Gasteiger partial charge in [0.1, 0.15) is 11.4 Å². The van der Waals surface area contributed by atoms with Gasteiger partial charge in [-0.25, -0.2) is 9.18 Å². The van der Waals surface area contributed by atoms with Gasteiger partial charge in [-0.15, -0.1) is 0 Å². The number of nitrogens with zero attached hydrogens (tertiary/aromatic N) is 1. The Morgan fingerprint density at radius 2 is 1.75 bits per heavy atom. The Morgan fingerprint density at radius 1 is 1.09 bits per heavy atom. The highest BCUT2D eigenvalue weighted by Gasteiger charge is 2.27. The monoisotopic (exact) mass is 459 g/mol. The van der Waals surface area contributed by atoms with Crippen molar-refractivity contribution >= 4 is 23.9 Å². The first kappa shape index (κ1) is 24.1. The Hall–Kier alpha value is -2.58. The summed E-state index contributed by atoms with van der Waals surface area (Å²) in [4.78, 5) is 29.3. The van der Waals surface area contributed by atoms with E-state index in [-0.39, 0.29) is 16.9 Å². The largest absolute Gasteiger partial charge is 0.444 e. The van der Waals surface area contributed by atoms with E-state index >= 15 is 0 Å². The summed E-state index contributed by atoms with van der Waals surface area (Å²) < 4.78 is 20.0. The van der Waals surface area contributed by atoms with Gasteiger partial charge >= 0.3 is 6.09 Å². The van der Waals surface area contributed by atoms with E-state index in [1.807, 2.05) is 51.1 Å². The number of carbonyl (C=O) groups is 2. The lowest BCUT2D eigenvalue weighted by Gasteiger charge is -2.33. The van der Waals surface area contributed by atoms with Crippen LogP contribution in [0.4, 0.5) is 9.18 Å². The molecule has 0 bridgehead atoms. The zero-order valence-electron chi connectivity index (χ0n) is 18.9. The number of carbonyl (C=O) groups excluding carboxylic acids is 2. The quantitative estimate of drug-likeness (QED) is 0.482. The third-order valence-electron chi connectivity index (χ3n) is 5.09. The molecule has 0 unspecified atom stereocenters. The normalized spacial score (nSPS) is 14.8. The molecule has 3 rings (SSSR count). The van der Waals surface area contributed by atoms with Crippen molar-refractivity contribution in [2.45, 2.75) is 51.4 Å². The van der Waals surface area contributed by atoms with E-state index in [0.717, 1.165) is 24.0 Å². The standard InChI is InChI=1S/C24H30FN3O3S/c1-16-14-18(17-8-6-5-7-9-17)15-20(21(16)25)22(29)26-27-32-19-10-12-28(13-11-19)23(30)31-24(2,3)4/h5-9,14-15,19,27H,10-13H2,1-4H3,(H,26,29). The van der Waals surface area contributed by atoms with Gasteiger partial charge in [0.05, 0.1) is 5.56 Å². The maximum atomic E-state index is 14.6. The molecule has 0 atom stereocenters. The highest BCUT2D eigenvalue weighted by Crippen LogP contribution is 2.25. The van der Waals surface area contributed by atoms with Gasteiger partial charge in [0.25, 0.3) is 5.91 Å². The SMILES string of the molecule is Cc1cc(-c2ccccc2)cc(C(=O)NNSC2CCN(C(=O)OC(C)(C)C)CC2)c1F. The minimum absolute atomic E-state index is 0.00306. The molecule has 0 spiro atoms. The summed E-state index contributed by atoms with van der Waals surface area (Å²) >= 11 is 1.37. The van der Waals surface area contributed by atoms with Gasteiger partial charge in [-0.1, -0.05) is 42.3 Å². The van der Waals surface area contributed by atoms with Crippen LogP contribution in [-0.4, -0.2) is 40.8 Å². The second-order valence-corrected chi connectivity index (χ2v) is 9.97. The first-order valence-corrected chi connectivity index (χ1v) is 11.6. The lowest BCUT2D eigenvalue weighted by molar-refractivity contribution is 0.0219. The van der Waals surface area contributed by atoms with E-state index in [4.69, 9.17) is 4.74 Å². The smallest absolute Gasteiger partial charge is 0.410 e. The minimum Gasteiger partial charge on any atom is -0.444 e. The van der Waals surface area contributed by atoms with Gasteiger partial charge in [-0.2, -0.15) is 4.83 Å². The van der Waals surface area contributed by atoms with Crippen LogP contribution in [0.15, 0.2) is 42.5 Å². The molecule has 0 aromatic heterocycles. The van der Waals surface area contributed by atoms with Crippen LogP contribution >= 0.6 is 11.9 Å². The molecule has 172 valence electrons. The molecule has 2 amide bonds. The first-order valence-electron chi connectivity index (χ1n) is 10.7. The van der Waals surface area contributed by atoms with E-state index < -0.39 is 17.3 Å². The predicted molar refractivity (Wildman–Crippen MR) is 126 cm³/mol. The number of aryl methyl sites for hydroxylation is 1. The summed E-state index contributed by atoms with van der Waals surface area (Å²) in [5.74, 6) is -1.05. The third kappa shape index (κ3) is 6.46. The number of nitrogens with one attached hydrogen (secondary N) is 2. The lowest BCUT2D eigenvalue weighted by atomic mass is 9.99. The van der Waals surface area contributed by atoms with Crippen LogP contribution in [0.3, 0.4) is 0 Å². The lowest BCUT2D eigenvalue weighted by Crippen LogP contribution is -2.43. The van der Waals surface area contributed by atoms with Crippen LogP contribution in [0.1, 0.15) is 49.5 Å². The van der Waals surface area contributed by atoms with E-state index in [1.165, 1.54) is 11.9 Å². The first-order chi connectivity index (χ1) is 15.1. The number of ether oxygens (including phenoxy) is 1. The van der Waals surface area contributed by atoms with Crippen LogP contribution < -0.4 is 10.3 Å². The molecule has 0 saturated carbocycles. The molecule has 8 heteroatoms. The molecule has 1 aliphatic heterocycles. The van der Waals surface area contributed by atoms with Crippen LogP contribution in [0.2, 0.25) is 0 Å². The summed E-state index contributed by atoms with van der Waals surface area (Å²) in [6.07, 6.45) is 1.24. The number of hydrogen-bond donors (Lipinski definition) is 2. The zero-order chi connectivity index (χ0) is 23.3. The van der Waals surface area contributed by atoms with Gasteiger partial charge in [0, 0.05) is 18.3 Å². The van der Waals surface area contributed by atoms with Crippen LogP contribution in [0.25, 0.3) is 11.1 Å². The average Bonchev–Trinajstić information content (AvgIpc) is 2.75. The molecule has 1 saturated heterocycles. The number of rotatable bonds is 5. The van der Waals surface area contributed by atoms with Gasteiger partial charge in [-0.3, -0.25) is 10.2 Å². The Kier molecular flexibility index (Phi) is 7.79. The van der Waals surface area contributed by atoms with Crippen molar-refractivity contribution in [2.75, 3.05) is 13.1 Å². The number of piperidine rings is 1. The molecule has 1 heterocycles. The summed E-state index contributed by atoms with van der Waals surface area (Å²) in [5, 5.41) is 0.219. The molecule has 2 aromatic carbocycles. The number of likely N-dealkylation sites (tertiary alicyclic amines) is 1. The number of hydrogen-bond acceptors (Lipinski definition) is 5. The van der Waals surface area contributed by atoms with Crippen molar-refractivity contribution in [1.29, 1.82) is 0 Å². The van der Waals surface area contributed by atoms with Crippen LogP contribution in [-0.2, 0) is 4.74 Å². The van der Waals surface area contributed by atoms with E-state index in [9.17, 15) is 14.0 Å². The third-order valence-corrected chi connectivity index (χ3v) is 6.11. The molecular weight excluding hydrogens is 429 g/mol. The van der Waals surface area contributed by atoms with Crippen LogP contribution in [0, 0.1) is 12.7 Å². The molecule has 2 N–H and O–H groups in total. The fourth-order valence-corrected chi connectivity index (χ4v) is 4.21. The topological polar surface area (TPSA) is 70.7 Å². The Labute approximate surface area is 193 Å². The summed E-state index contributed by atoms with van der Waals surface area (Å²) in [5.41, 5.74) is 4.19. The highest BCUT2D eigenvalue weighted by molar-refractivity contribution is 7.98. The Balaban J connectivity index is 1.52. The molecule has 0 aliphatic carbocycles. The Bertz CT molecular complexity index is 955. The van der Waals surface area contributed by atoms with Gasteiger partial charge in [0.15, 0.2) is 0 Å². The summed E-state index contributed by atoms with van der Waals surface area (Å²) in [7, 11) is 0. The van der Waals surface area contributed by atoms with Crippen molar-refractivity contribution in [3.05, 3.63) is 59.4 Å². The molecule has 32 heavy (non-hydrogen) atoms. The van der Waals surface area contributed by atoms with Crippen molar-refractivity contribution in [3.8, 4) is 11.1 Å². The van der Waals surface area contributed by atoms with Gasteiger partial charge in [-0.05, 0) is 69.4 Å². The minimum atomic E-state index is -0.528. The molecule has 2 aromatic rings. The average molecular weight is 460 g/mol. The number of amides is 2. The van der Waals surface area contributed by atoms with Crippen LogP contribution in [0.5, 0.6) is 0 Å². The Morgan fingerprint density at radius 3 is 2.38 bits per heavy atom. The maximum absolute atomic E-state index is 14.6. The van der Waals surface area contributed by atoms with Crippen molar-refractivity contribution < 1.29 is 18.7 Å². The number of halogens is 1. The molecular formula is C24H30FN3O3S. The number of benzene rings is 2. The van der Waals surface area contributed by atoms with E-state index in [0.29, 0.717) is 18.7 Å². The van der Waals surface area contributed by atoms with Gasteiger partial charge in [0.2, 0.25) is 0 Å². The molecule has 1 fully saturated rings. The van der Waals surface area contributed by atoms with Crippen molar-refractivity contribution in [1.82, 2.24) is 15.2 Å². The fraction of sp³-hybridized carbons (Fsp3) is 0.417. The second kappa shape index (κ2) is 10.4. The highest BCUT2D eigenvalue weighted by atomic mass is 32.2.